The molecule has 0 atom stereocenters. The van der Waals surface area contributed by atoms with Crippen LogP contribution in [0.4, 0.5) is 5.69 Å². The summed E-state index contributed by atoms with van der Waals surface area (Å²) >= 11 is 0. The number of likely N-dealkylation sites (tertiary alicyclic amines) is 1. The zero-order valence-corrected chi connectivity index (χ0v) is 15.5. The second-order valence-corrected chi connectivity index (χ2v) is 6.95. The van der Waals surface area contributed by atoms with Gasteiger partial charge in [-0.2, -0.15) is 0 Å². The first-order valence-corrected chi connectivity index (χ1v) is 9.41. The van der Waals surface area contributed by atoms with Crippen LogP contribution in [0.2, 0.25) is 0 Å². The van der Waals surface area contributed by atoms with Crippen LogP contribution in [0.1, 0.15) is 24.0 Å². The molecule has 0 aromatic heterocycles. The van der Waals surface area contributed by atoms with Crippen LogP contribution in [0, 0.1) is 0 Å². The van der Waals surface area contributed by atoms with Crippen LogP contribution >= 0.6 is 0 Å². The number of carbonyl (C=O) groups is 1. The third-order valence-electron chi connectivity index (χ3n) is 5.05. The Labute approximate surface area is 156 Å². The molecule has 0 saturated carbocycles. The Morgan fingerprint density at radius 2 is 1.73 bits per heavy atom. The van der Waals surface area contributed by atoms with Crippen molar-refractivity contribution in [2.75, 3.05) is 32.1 Å². The number of carbonyl (C=O) groups excluding carboxylic acids is 1. The Hall–Kier alpha value is -2.33. The molecule has 1 aliphatic rings. The van der Waals surface area contributed by atoms with E-state index in [0.717, 1.165) is 37.3 Å². The molecule has 1 saturated heterocycles. The Bertz CT molecular complexity index is 677. The smallest absolute Gasteiger partial charge is 0.309 e. The largest absolute Gasteiger partial charge is 0.469 e. The monoisotopic (exact) mass is 352 g/mol. The molecule has 4 nitrogen and oxygen atoms in total. The summed E-state index contributed by atoms with van der Waals surface area (Å²) in [6.45, 7) is 3.43. The van der Waals surface area contributed by atoms with E-state index in [9.17, 15) is 4.79 Å². The maximum atomic E-state index is 11.3. The Balaban J connectivity index is 1.40. The second kappa shape index (κ2) is 9.39. The minimum absolute atomic E-state index is 0.200. The lowest BCUT2D eigenvalue weighted by Gasteiger charge is -2.33. The third-order valence-corrected chi connectivity index (χ3v) is 5.05. The van der Waals surface area contributed by atoms with E-state index in [1.54, 1.807) is 0 Å². The lowest BCUT2D eigenvalue weighted by molar-refractivity contribution is -0.139. The van der Waals surface area contributed by atoms with E-state index < -0.39 is 0 Å². The molecule has 0 unspecified atom stereocenters. The van der Waals surface area contributed by atoms with Crippen molar-refractivity contribution in [3.63, 3.8) is 0 Å². The number of hydrogen-bond acceptors (Lipinski definition) is 4. The number of ether oxygens (including phenoxy) is 1. The van der Waals surface area contributed by atoms with E-state index in [-0.39, 0.29) is 5.97 Å². The number of anilines is 1. The first-order valence-electron chi connectivity index (χ1n) is 9.41. The van der Waals surface area contributed by atoms with Crippen LogP contribution in [0.3, 0.4) is 0 Å². The van der Waals surface area contributed by atoms with Crippen LogP contribution in [0.25, 0.3) is 0 Å². The van der Waals surface area contributed by atoms with Gasteiger partial charge in [0.25, 0.3) is 0 Å². The van der Waals surface area contributed by atoms with E-state index in [2.05, 4.69) is 52.7 Å². The van der Waals surface area contributed by atoms with E-state index in [1.165, 1.54) is 25.5 Å². The Morgan fingerprint density at radius 3 is 2.38 bits per heavy atom. The van der Waals surface area contributed by atoms with Crippen molar-refractivity contribution in [3.8, 4) is 0 Å². The average Bonchev–Trinajstić information content (AvgIpc) is 2.69. The minimum Gasteiger partial charge on any atom is -0.469 e. The molecule has 1 fully saturated rings. The van der Waals surface area contributed by atoms with Crippen molar-refractivity contribution in [3.05, 3.63) is 65.7 Å². The predicted molar refractivity (Wildman–Crippen MR) is 105 cm³/mol. The molecule has 0 spiro atoms. The number of rotatable bonds is 7. The molecule has 1 N–H and O–H groups in total. The number of esters is 1. The van der Waals surface area contributed by atoms with Gasteiger partial charge in [-0.3, -0.25) is 4.79 Å². The van der Waals surface area contributed by atoms with Gasteiger partial charge in [0.15, 0.2) is 0 Å². The fraction of sp³-hybridized carbons (Fsp3) is 0.409. The quantitative estimate of drug-likeness (QED) is 0.774. The van der Waals surface area contributed by atoms with Gasteiger partial charge < -0.3 is 15.0 Å². The van der Waals surface area contributed by atoms with Gasteiger partial charge in [-0.15, -0.1) is 0 Å². The molecule has 26 heavy (non-hydrogen) atoms. The van der Waals surface area contributed by atoms with Gasteiger partial charge in [0, 0.05) is 31.4 Å². The van der Waals surface area contributed by atoms with Gasteiger partial charge in [-0.25, -0.2) is 0 Å². The van der Waals surface area contributed by atoms with Crippen molar-refractivity contribution in [1.82, 2.24) is 4.90 Å². The van der Waals surface area contributed by atoms with Crippen LogP contribution in [-0.2, 0) is 22.4 Å². The van der Waals surface area contributed by atoms with Crippen LogP contribution in [0.5, 0.6) is 0 Å². The highest BCUT2D eigenvalue weighted by Gasteiger charge is 2.18. The summed E-state index contributed by atoms with van der Waals surface area (Å²) in [5.41, 5.74) is 3.53. The van der Waals surface area contributed by atoms with E-state index in [0.29, 0.717) is 12.5 Å². The maximum absolute atomic E-state index is 11.3. The number of benzene rings is 2. The van der Waals surface area contributed by atoms with Gasteiger partial charge in [-0.05, 0) is 42.5 Å². The van der Waals surface area contributed by atoms with Crippen LogP contribution in [-0.4, -0.2) is 43.7 Å². The van der Waals surface area contributed by atoms with Crippen molar-refractivity contribution in [1.29, 1.82) is 0 Å². The third kappa shape index (κ3) is 5.60. The molecule has 4 heteroatoms. The summed E-state index contributed by atoms with van der Waals surface area (Å²) < 4.78 is 4.70. The molecular weight excluding hydrogens is 324 g/mol. The van der Waals surface area contributed by atoms with Gasteiger partial charge in [0.1, 0.15) is 0 Å². The van der Waals surface area contributed by atoms with Crippen molar-refractivity contribution >= 4 is 11.7 Å². The van der Waals surface area contributed by atoms with Crippen LogP contribution < -0.4 is 5.32 Å². The molecule has 3 rings (SSSR count). The van der Waals surface area contributed by atoms with Crippen molar-refractivity contribution in [2.24, 2.45) is 0 Å². The number of methoxy groups -OCH3 is 1. The fourth-order valence-corrected chi connectivity index (χ4v) is 3.43. The fourth-order valence-electron chi connectivity index (χ4n) is 3.43. The van der Waals surface area contributed by atoms with Gasteiger partial charge in [-0.1, -0.05) is 42.5 Å². The Kier molecular flexibility index (Phi) is 6.67. The zero-order valence-electron chi connectivity index (χ0n) is 15.5. The first-order chi connectivity index (χ1) is 12.7. The van der Waals surface area contributed by atoms with Gasteiger partial charge in [0.05, 0.1) is 13.5 Å². The lowest BCUT2D eigenvalue weighted by Crippen LogP contribution is -2.40. The first kappa shape index (κ1) is 18.5. The summed E-state index contributed by atoms with van der Waals surface area (Å²) in [4.78, 5) is 13.9. The molecule has 0 radical (unpaired) electrons. The zero-order chi connectivity index (χ0) is 18.2. The molecule has 2 aromatic rings. The van der Waals surface area contributed by atoms with Gasteiger partial charge >= 0.3 is 5.97 Å². The van der Waals surface area contributed by atoms with Gasteiger partial charge in [0.2, 0.25) is 0 Å². The summed E-state index contributed by atoms with van der Waals surface area (Å²) in [6, 6.07) is 19.3. The molecule has 1 aliphatic heterocycles. The second-order valence-electron chi connectivity index (χ2n) is 6.95. The standard InChI is InChI=1S/C22H28N2O2/c1-26-22(25)17-19-7-9-20(10-8-19)23-21-12-15-24(16-13-21)14-11-18-5-3-2-4-6-18/h2-10,21,23H,11-17H2,1H3. The number of hydrogen-bond donors (Lipinski definition) is 1. The topological polar surface area (TPSA) is 41.6 Å². The highest BCUT2D eigenvalue weighted by Crippen LogP contribution is 2.18. The summed E-state index contributed by atoms with van der Waals surface area (Å²) in [6.07, 6.45) is 3.79. The van der Waals surface area contributed by atoms with Crippen LogP contribution in [0.15, 0.2) is 54.6 Å². The van der Waals surface area contributed by atoms with E-state index in [1.807, 2.05) is 12.1 Å². The number of nitrogens with one attached hydrogen (secondary N) is 1. The van der Waals surface area contributed by atoms with E-state index >= 15 is 0 Å². The lowest BCUT2D eigenvalue weighted by atomic mass is 10.0. The molecule has 0 bridgehead atoms. The van der Waals surface area contributed by atoms with E-state index in [4.69, 9.17) is 4.74 Å². The average molecular weight is 352 g/mol. The summed E-state index contributed by atoms with van der Waals surface area (Å²) in [5, 5.41) is 3.63. The number of piperidine rings is 1. The molecular formula is C22H28N2O2. The summed E-state index contributed by atoms with van der Waals surface area (Å²) in [5.74, 6) is -0.200. The molecule has 2 aromatic carbocycles. The highest BCUT2D eigenvalue weighted by molar-refractivity contribution is 5.72. The number of nitrogens with zero attached hydrogens (tertiary/aromatic N) is 1. The molecule has 1 heterocycles. The molecule has 0 amide bonds. The van der Waals surface area contributed by atoms with Crippen molar-refractivity contribution in [2.45, 2.75) is 31.7 Å². The van der Waals surface area contributed by atoms with Crippen molar-refractivity contribution < 1.29 is 9.53 Å². The summed E-state index contributed by atoms with van der Waals surface area (Å²) in [7, 11) is 1.42. The predicted octanol–water partition coefficient (Wildman–Crippen LogP) is 3.52. The molecule has 138 valence electrons. The highest BCUT2D eigenvalue weighted by atomic mass is 16.5. The maximum Gasteiger partial charge on any atom is 0.309 e. The Morgan fingerprint density at radius 1 is 1.04 bits per heavy atom. The normalized spacial score (nSPS) is 15.6. The minimum atomic E-state index is -0.200. The molecule has 0 aliphatic carbocycles. The SMILES string of the molecule is COC(=O)Cc1ccc(NC2CCN(CCc3ccccc3)CC2)cc1.